The highest BCUT2D eigenvalue weighted by Gasteiger charge is 2.27. The SMILES string of the molecule is Cn1cc([C@H]2OCCC[C@@H]2NC/C=C/c2ccccc2)cn1. The molecule has 0 bridgehead atoms. The van der Waals surface area contributed by atoms with Crippen LogP contribution in [0.1, 0.15) is 30.1 Å². The Balaban J connectivity index is 1.57. The van der Waals surface area contributed by atoms with E-state index >= 15 is 0 Å². The van der Waals surface area contributed by atoms with Crippen LogP contribution >= 0.6 is 0 Å². The summed E-state index contributed by atoms with van der Waals surface area (Å²) in [5, 5.41) is 7.86. The van der Waals surface area contributed by atoms with Crippen molar-refractivity contribution in [3.05, 3.63) is 59.9 Å². The van der Waals surface area contributed by atoms with Crippen LogP contribution in [0.2, 0.25) is 0 Å². The topological polar surface area (TPSA) is 39.1 Å². The molecule has 116 valence electrons. The van der Waals surface area contributed by atoms with Crippen LogP contribution in [-0.4, -0.2) is 29.0 Å². The number of nitrogens with zero attached hydrogens (tertiary/aromatic N) is 2. The third-order valence-electron chi connectivity index (χ3n) is 3.98. The molecule has 4 nitrogen and oxygen atoms in total. The number of aryl methyl sites for hydroxylation is 1. The molecule has 0 amide bonds. The predicted octanol–water partition coefficient (Wildman–Crippen LogP) is 2.94. The van der Waals surface area contributed by atoms with Crippen LogP contribution in [0.4, 0.5) is 0 Å². The molecule has 1 aromatic heterocycles. The quantitative estimate of drug-likeness (QED) is 0.922. The van der Waals surface area contributed by atoms with Gasteiger partial charge in [0.15, 0.2) is 0 Å². The zero-order valence-corrected chi connectivity index (χ0v) is 13.0. The maximum Gasteiger partial charge on any atom is 0.101 e. The average Bonchev–Trinajstić information content (AvgIpc) is 2.99. The number of hydrogen-bond acceptors (Lipinski definition) is 3. The van der Waals surface area contributed by atoms with Gasteiger partial charge in [-0.3, -0.25) is 4.68 Å². The lowest BCUT2D eigenvalue weighted by atomic mass is 9.98. The van der Waals surface area contributed by atoms with Crippen molar-refractivity contribution in [2.75, 3.05) is 13.2 Å². The molecule has 2 heterocycles. The summed E-state index contributed by atoms with van der Waals surface area (Å²) in [7, 11) is 1.94. The first-order valence-electron chi connectivity index (χ1n) is 7.88. The maximum atomic E-state index is 5.97. The summed E-state index contributed by atoms with van der Waals surface area (Å²) in [6.45, 7) is 1.68. The molecule has 1 saturated heterocycles. The summed E-state index contributed by atoms with van der Waals surface area (Å²) in [4.78, 5) is 0. The predicted molar refractivity (Wildman–Crippen MR) is 88.4 cm³/mol. The van der Waals surface area contributed by atoms with Gasteiger partial charge in [-0.2, -0.15) is 5.10 Å². The highest BCUT2D eigenvalue weighted by molar-refractivity contribution is 5.48. The van der Waals surface area contributed by atoms with Crippen molar-refractivity contribution in [2.45, 2.75) is 25.0 Å². The monoisotopic (exact) mass is 297 g/mol. The highest BCUT2D eigenvalue weighted by Crippen LogP contribution is 2.27. The van der Waals surface area contributed by atoms with E-state index in [1.165, 1.54) is 5.56 Å². The van der Waals surface area contributed by atoms with Crippen molar-refractivity contribution in [3.63, 3.8) is 0 Å². The molecule has 0 aliphatic carbocycles. The summed E-state index contributed by atoms with van der Waals surface area (Å²) >= 11 is 0. The number of ether oxygens (including phenoxy) is 1. The maximum absolute atomic E-state index is 5.97. The molecule has 1 fully saturated rings. The lowest BCUT2D eigenvalue weighted by Crippen LogP contribution is -2.39. The molecule has 0 saturated carbocycles. The van der Waals surface area contributed by atoms with Gasteiger partial charge in [0.05, 0.1) is 6.20 Å². The van der Waals surface area contributed by atoms with E-state index in [0.717, 1.165) is 31.6 Å². The number of rotatable bonds is 5. The Hall–Kier alpha value is -1.91. The summed E-state index contributed by atoms with van der Waals surface area (Å²) in [6.07, 6.45) is 10.6. The van der Waals surface area contributed by atoms with Gasteiger partial charge >= 0.3 is 0 Å². The molecule has 0 radical (unpaired) electrons. The molecular weight excluding hydrogens is 274 g/mol. The fraction of sp³-hybridized carbons (Fsp3) is 0.389. The minimum absolute atomic E-state index is 0.104. The van der Waals surface area contributed by atoms with Crippen molar-refractivity contribution in [3.8, 4) is 0 Å². The Bertz CT molecular complexity index is 606. The van der Waals surface area contributed by atoms with E-state index in [0.29, 0.717) is 6.04 Å². The molecule has 3 rings (SSSR count). The van der Waals surface area contributed by atoms with Crippen LogP contribution in [0.5, 0.6) is 0 Å². The molecular formula is C18H23N3O. The van der Waals surface area contributed by atoms with Gasteiger partial charge in [0.2, 0.25) is 0 Å². The Morgan fingerprint density at radius 3 is 3.00 bits per heavy atom. The van der Waals surface area contributed by atoms with Gasteiger partial charge in [-0.15, -0.1) is 0 Å². The largest absolute Gasteiger partial charge is 0.372 e. The van der Waals surface area contributed by atoms with Gasteiger partial charge in [0, 0.05) is 38.0 Å². The van der Waals surface area contributed by atoms with Gasteiger partial charge in [-0.1, -0.05) is 42.5 Å². The Morgan fingerprint density at radius 2 is 2.23 bits per heavy atom. The van der Waals surface area contributed by atoms with Gasteiger partial charge in [0.25, 0.3) is 0 Å². The van der Waals surface area contributed by atoms with E-state index in [1.807, 2.05) is 30.2 Å². The fourth-order valence-corrected chi connectivity index (χ4v) is 2.88. The van der Waals surface area contributed by atoms with Gasteiger partial charge in [-0.25, -0.2) is 0 Å². The third kappa shape index (κ3) is 3.84. The number of hydrogen-bond donors (Lipinski definition) is 1. The molecule has 1 N–H and O–H groups in total. The molecule has 4 heteroatoms. The van der Waals surface area contributed by atoms with Crippen LogP contribution in [-0.2, 0) is 11.8 Å². The second kappa shape index (κ2) is 7.38. The summed E-state index contributed by atoms with van der Waals surface area (Å²) < 4.78 is 7.80. The van der Waals surface area contributed by atoms with E-state index in [-0.39, 0.29) is 6.10 Å². The van der Waals surface area contributed by atoms with E-state index in [2.05, 4.69) is 46.8 Å². The normalized spacial score (nSPS) is 22.2. The minimum Gasteiger partial charge on any atom is -0.372 e. The zero-order valence-electron chi connectivity index (χ0n) is 13.0. The van der Waals surface area contributed by atoms with Crippen molar-refractivity contribution in [1.82, 2.24) is 15.1 Å². The summed E-state index contributed by atoms with van der Waals surface area (Å²) in [5.41, 5.74) is 2.39. The number of nitrogens with one attached hydrogen (secondary N) is 1. The number of benzene rings is 1. The van der Waals surface area contributed by atoms with Crippen molar-refractivity contribution in [1.29, 1.82) is 0 Å². The highest BCUT2D eigenvalue weighted by atomic mass is 16.5. The molecule has 0 spiro atoms. The Labute approximate surface area is 131 Å². The second-order valence-electron chi connectivity index (χ2n) is 5.71. The Kier molecular flexibility index (Phi) is 5.03. The molecule has 1 aliphatic rings. The first-order chi connectivity index (χ1) is 10.8. The fourth-order valence-electron chi connectivity index (χ4n) is 2.88. The molecule has 2 atom stereocenters. The third-order valence-corrected chi connectivity index (χ3v) is 3.98. The van der Waals surface area contributed by atoms with Crippen LogP contribution in [0.25, 0.3) is 6.08 Å². The zero-order chi connectivity index (χ0) is 15.2. The first kappa shape index (κ1) is 15.0. The van der Waals surface area contributed by atoms with Gasteiger partial charge < -0.3 is 10.1 Å². The standard InChI is InChI=1S/C18H23N3O/c1-21-14-16(13-20-21)18-17(10-6-12-22-18)19-11-5-9-15-7-3-2-4-8-15/h2-5,7-9,13-14,17-19H,6,10-12H2,1H3/b9-5+/t17-,18+/m0/s1. The van der Waals surface area contributed by atoms with Crippen LogP contribution in [0.3, 0.4) is 0 Å². The molecule has 1 aliphatic heterocycles. The van der Waals surface area contributed by atoms with Crippen LogP contribution in [0, 0.1) is 0 Å². The lowest BCUT2D eigenvalue weighted by molar-refractivity contribution is -0.00969. The Morgan fingerprint density at radius 1 is 1.36 bits per heavy atom. The average molecular weight is 297 g/mol. The molecule has 1 aromatic carbocycles. The number of aromatic nitrogens is 2. The summed E-state index contributed by atoms with van der Waals surface area (Å²) in [5.74, 6) is 0. The van der Waals surface area contributed by atoms with E-state index in [9.17, 15) is 0 Å². The van der Waals surface area contributed by atoms with Crippen molar-refractivity contribution in [2.24, 2.45) is 7.05 Å². The first-order valence-corrected chi connectivity index (χ1v) is 7.88. The van der Waals surface area contributed by atoms with Crippen LogP contribution in [0.15, 0.2) is 48.8 Å². The van der Waals surface area contributed by atoms with E-state index in [1.54, 1.807) is 0 Å². The smallest absolute Gasteiger partial charge is 0.101 e. The lowest BCUT2D eigenvalue weighted by Gasteiger charge is -2.31. The second-order valence-corrected chi connectivity index (χ2v) is 5.71. The van der Waals surface area contributed by atoms with E-state index < -0.39 is 0 Å². The molecule has 22 heavy (non-hydrogen) atoms. The van der Waals surface area contributed by atoms with Gasteiger partial charge in [-0.05, 0) is 18.4 Å². The van der Waals surface area contributed by atoms with Gasteiger partial charge in [0.1, 0.15) is 6.10 Å². The minimum atomic E-state index is 0.104. The van der Waals surface area contributed by atoms with Crippen molar-refractivity contribution >= 4 is 6.08 Å². The molecule has 2 aromatic rings. The van der Waals surface area contributed by atoms with Crippen LogP contribution < -0.4 is 5.32 Å². The van der Waals surface area contributed by atoms with Crippen molar-refractivity contribution < 1.29 is 4.74 Å². The molecule has 0 unspecified atom stereocenters. The summed E-state index contributed by atoms with van der Waals surface area (Å²) in [6, 6.07) is 10.7. The van der Waals surface area contributed by atoms with E-state index in [4.69, 9.17) is 4.74 Å².